The molecule has 1 aliphatic rings. The van der Waals surface area contributed by atoms with E-state index in [2.05, 4.69) is 6.58 Å². The summed E-state index contributed by atoms with van der Waals surface area (Å²) in [5.74, 6) is 0.103. The fourth-order valence-electron chi connectivity index (χ4n) is 1.82. The number of allylic oxidation sites excluding steroid dienone is 1. The van der Waals surface area contributed by atoms with E-state index >= 15 is 0 Å². The van der Waals surface area contributed by atoms with Crippen molar-refractivity contribution in [1.29, 1.82) is 0 Å². The van der Waals surface area contributed by atoms with Crippen LogP contribution in [0.15, 0.2) is 12.7 Å². The lowest BCUT2D eigenvalue weighted by atomic mass is 10.0. The van der Waals surface area contributed by atoms with E-state index in [4.69, 9.17) is 4.74 Å². The number of rotatable bonds is 3. The first-order chi connectivity index (χ1) is 7.83. The molecule has 4 heteroatoms. The molecule has 1 atom stereocenters. The summed E-state index contributed by atoms with van der Waals surface area (Å²) >= 11 is 0. The zero-order chi connectivity index (χ0) is 13.1. The number of likely N-dealkylation sites (tertiary alicyclic amines) is 1. The zero-order valence-corrected chi connectivity index (χ0v) is 10.9. The number of ether oxygens (including phenoxy) is 1. The second-order valence-corrected chi connectivity index (χ2v) is 5.37. The summed E-state index contributed by atoms with van der Waals surface area (Å²) in [6.07, 6.45) is 2.39. The minimum absolute atomic E-state index is 0.0551. The van der Waals surface area contributed by atoms with E-state index in [0.29, 0.717) is 19.5 Å². The average molecular weight is 239 g/mol. The third-order valence-electron chi connectivity index (χ3n) is 2.64. The first kappa shape index (κ1) is 13.7. The normalized spacial score (nSPS) is 20.2. The van der Waals surface area contributed by atoms with Crippen molar-refractivity contribution < 1.29 is 14.3 Å². The summed E-state index contributed by atoms with van der Waals surface area (Å²) < 4.78 is 5.27. The topological polar surface area (TPSA) is 46.6 Å². The van der Waals surface area contributed by atoms with Crippen LogP contribution in [-0.2, 0) is 9.53 Å². The van der Waals surface area contributed by atoms with Crippen molar-refractivity contribution in [2.45, 2.75) is 39.2 Å². The monoisotopic (exact) mass is 239 g/mol. The van der Waals surface area contributed by atoms with Crippen LogP contribution in [0.5, 0.6) is 0 Å². The molecule has 0 N–H and O–H groups in total. The maximum atomic E-state index is 11.8. The highest BCUT2D eigenvalue weighted by molar-refractivity contribution is 5.83. The van der Waals surface area contributed by atoms with Crippen molar-refractivity contribution in [1.82, 2.24) is 4.90 Å². The van der Waals surface area contributed by atoms with Gasteiger partial charge in [-0.05, 0) is 27.2 Å². The average Bonchev–Trinajstić information content (AvgIpc) is 2.63. The summed E-state index contributed by atoms with van der Waals surface area (Å²) in [5.41, 5.74) is -0.486. The lowest BCUT2D eigenvalue weighted by Crippen LogP contribution is -2.35. The standard InChI is InChI=1S/C13H21NO3/c1-5-6-11(15)10-7-8-14(9-10)12(16)17-13(2,3)4/h5,10H,1,6-9H2,2-4H3/t10-/m0/s1. The Balaban J connectivity index is 2.47. The highest BCUT2D eigenvalue weighted by atomic mass is 16.6. The molecule has 4 nitrogen and oxygen atoms in total. The second-order valence-electron chi connectivity index (χ2n) is 5.37. The van der Waals surface area contributed by atoms with E-state index < -0.39 is 5.60 Å². The van der Waals surface area contributed by atoms with Crippen molar-refractivity contribution in [3.63, 3.8) is 0 Å². The fraction of sp³-hybridized carbons (Fsp3) is 0.692. The van der Waals surface area contributed by atoms with Gasteiger partial charge < -0.3 is 9.64 Å². The van der Waals surface area contributed by atoms with Gasteiger partial charge in [0, 0.05) is 25.4 Å². The molecule has 1 fully saturated rings. The molecule has 1 amide bonds. The number of ketones is 1. The molecule has 0 aliphatic carbocycles. The SMILES string of the molecule is C=CCC(=O)[C@H]1CCN(C(=O)OC(C)(C)C)C1. The number of Topliss-reactive ketones (excluding diaryl/α,β-unsaturated/α-hetero) is 1. The van der Waals surface area contributed by atoms with Crippen molar-refractivity contribution in [3.8, 4) is 0 Å². The smallest absolute Gasteiger partial charge is 0.410 e. The van der Waals surface area contributed by atoms with Crippen LogP contribution in [0.3, 0.4) is 0 Å². The van der Waals surface area contributed by atoms with Crippen LogP contribution in [0.25, 0.3) is 0 Å². The zero-order valence-electron chi connectivity index (χ0n) is 10.9. The highest BCUT2D eigenvalue weighted by Gasteiger charge is 2.32. The van der Waals surface area contributed by atoms with Gasteiger partial charge in [-0.3, -0.25) is 4.79 Å². The number of carbonyl (C=O) groups excluding carboxylic acids is 2. The van der Waals surface area contributed by atoms with E-state index in [1.165, 1.54) is 0 Å². The molecule has 0 bridgehead atoms. The number of hydrogen-bond acceptors (Lipinski definition) is 3. The van der Waals surface area contributed by atoms with Crippen molar-refractivity contribution in [2.24, 2.45) is 5.92 Å². The molecule has 0 aromatic carbocycles. The first-order valence-electron chi connectivity index (χ1n) is 5.95. The second kappa shape index (κ2) is 5.34. The van der Waals surface area contributed by atoms with Crippen LogP contribution in [-0.4, -0.2) is 35.5 Å². The number of hydrogen-bond donors (Lipinski definition) is 0. The van der Waals surface area contributed by atoms with Crippen LogP contribution >= 0.6 is 0 Å². The Morgan fingerprint density at radius 2 is 2.12 bits per heavy atom. The minimum atomic E-state index is -0.486. The van der Waals surface area contributed by atoms with Gasteiger partial charge in [0.05, 0.1) is 0 Å². The lowest BCUT2D eigenvalue weighted by Gasteiger charge is -2.24. The van der Waals surface area contributed by atoms with E-state index in [0.717, 1.165) is 6.42 Å². The summed E-state index contributed by atoms with van der Waals surface area (Å²) in [6.45, 7) is 10.1. The molecule has 1 saturated heterocycles. The van der Waals surface area contributed by atoms with E-state index in [-0.39, 0.29) is 17.8 Å². The summed E-state index contributed by atoms with van der Waals surface area (Å²) in [4.78, 5) is 25.0. The summed E-state index contributed by atoms with van der Waals surface area (Å²) in [5, 5.41) is 0. The Hall–Kier alpha value is -1.32. The first-order valence-corrected chi connectivity index (χ1v) is 5.95. The van der Waals surface area contributed by atoms with Crippen LogP contribution < -0.4 is 0 Å². The van der Waals surface area contributed by atoms with Gasteiger partial charge in [0.15, 0.2) is 0 Å². The molecular weight excluding hydrogens is 218 g/mol. The molecule has 0 radical (unpaired) electrons. The van der Waals surface area contributed by atoms with E-state index in [1.807, 2.05) is 20.8 Å². The fourth-order valence-corrected chi connectivity index (χ4v) is 1.82. The van der Waals surface area contributed by atoms with Crippen LogP contribution in [0.4, 0.5) is 4.79 Å². The van der Waals surface area contributed by atoms with Crippen molar-refractivity contribution >= 4 is 11.9 Å². The van der Waals surface area contributed by atoms with E-state index in [9.17, 15) is 9.59 Å². The molecule has 0 unspecified atom stereocenters. The van der Waals surface area contributed by atoms with Crippen LogP contribution in [0.2, 0.25) is 0 Å². The molecule has 0 aromatic heterocycles. The van der Waals surface area contributed by atoms with Gasteiger partial charge in [-0.15, -0.1) is 6.58 Å². The van der Waals surface area contributed by atoms with Gasteiger partial charge in [0.1, 0.15) is 11.4 Å². The molecule has 1 heterocycles. The highest BCUT2D eigenvalue weighted by Crippen LogP contribution is 2.21. The van der Waals surface area contributed by atoms with Gasteiger partial charge in [-0.25, -0.2) is 4.79 Å². The number of amides is 1. The third-order valence-corrected chi connectivity index (χ3v) is 2.64. The Morgan fingerprint density at radius 1 is 1.47 bits per heavy atom. The van der Waals surface area contributed by atoms with Crippen LogP contribution in [0.1, 0.15) is 33.6 Å². The predicted octanol–water partition coefficient (Wildman–Crippen LogP) is 2.39. The molecular formula is C13H21NO3. The Bertz CT molecular complexity index is 317. The molecule has 1 aliphatic heterocycles. The van der Waals surface area contributed by atoms with Gasteiger partial charge >= 0.3 is 6.09 Å². The summed E-state index contributed by atoms with van der Waals surface area (Å²) in [7, 11) is 0. The van der Waals surface area contributed by atoms with E-state index in [1.54, 1.807) is 11.0 Å². The van der Waals surface area contributed by atoms with Gasteiger partial charge in [0.25, 0.3) is 0 Å². The Labute approximate surface area is 103 Å². The quantitative estimate of drug-likeness (QED) is 0.710. The predicted molar refractivity (Wildman–Crippen MR) is 65.7 cm³/mol. The number of nitrogens with zero attached hydrogens (tertiary/aromatic N) is 1. The maximum absolute atomic E-state index is 11.8. The minimum Gasteiger partial charge on any atom is -0.444 e. The third kappa shape index (κ3) is 4.21. The van der Waals surface area contributed by atoms with Gasteiger partial charge in [-0.1, -0.05) is 6.08 Å². The summed E-state index contributed by atoms with van der Waals surface area (Å²) in [6, 6.07) is 0. The Morgan fingerprint density at radius 3 is 2.65 bits per heavy atom. The van der Waals surface area contributed by atoms with Crippen molar-refractivity contribution in [2.75, 3.05) is 13.1 Å². The lowest BCUT2D eigenvalue weighted by molar-refractivity contribution is -0.121. The molecule has 0 spiro atoms. The van der Waals surface area contributed by atoms with Crippen LogP contribution in [0, 0.1) is 5.92 Å². The molecule has 1 rings (SSSR count). The Kier molecular flexibility index (Phi) is 4.32. The van der Waals surface area contributed by atoms with Crippen molar-refractivity contribution in [3.05, 3.63) is 12.7 Å². The molecule has 0 saturated carbocycles. The molecule has 0 aromatic rings. The van der Waals surface area contributed by atoms with Gasteiger partial charge in [-0.2, -0.15) is 0 Å². The number of carbonyl (C=O) groups is 2. The maximum Gasteiger partial charge on any atom is 0.410 e. The largest absolute Gasteiger partial charge is 0.444 e. The molecule has 96 valence electrons. The van der Waals surface area contributed by atoms with Gasteiger partial charge in [0.2, 0.25) is 0 Å². The molecule has 17 heavy (non-hydrogen) atoms.